The van der Waals surface area contributed by atoms with E-state index in [-0.39, 0.29) is 18.3 Å². The molecule has 1 aromatic carbocycles. The molecule has 0 aliphatic carbocycles. The Hall–Kier alpha value is -1.46. The molecule has 1 aromatic rings. The average Bonchev–Trinajstić information content (AvgIpc) is 2.78. The minimum absolute atomic E-state index is 0.205. The number of hydrogen-bond acceptors (Lipinski definition) is 3. The van der Waals surface area contributed by atoms with Crippen molar-refractivity contribution in [2.75, 3.05) is 26.7 Å². The van der Waals surface area contributed by atoms with Gasteiger partial charge in [-0.05, 0) is 43.7 Å². The summed E-state index contributed by atoms with van der Waals surface area (Å²) in [4.78, 5) is 13.7. The lowest BCUT2D eigenvalue weighted by Gasteiger charge is -2.28. The van der Waals surface area contributed by atoms with Crippen LogP contribution in [-0.4, -0.2) is 48.2 Å². The highest BCUT2D eigenvalue weighted by molar-refractivity contribution is 5.94. The maximum atomic E-state index is 13.2. The maximum absolute atomic E-state index is 13.2. The summed E-state index contributed by atoms with van der Waals surface area (Å²) in [5.74, 6) is -0.527. The summed E-state index contributed by atoms with van der Waals surface area (Å²) in [6.45, 7) is 3.15. The van der Waals surface area contributed by atoms with Gasteiger partial charge in [0.15, 0.2) is 0 Å². The van der Waals surface area contributed by atoms with Crippen LogP contribution in [0.5, 0.6) is 0 Å². The van der Waals surface area contributed by atoms with Crippen molar-refractivity contribution in [3.05, 3.63) is 35.1 Å². The number of aliphatic hydroxyl groups is 1. The molecule has 0 saturated carbocycles. The van der Waals surface area contributed by atoms with Gasteiger partial charge in [0.1, 0.15) is 5.82 Å². The molecule has 1 heterocycles. The largest absolute Gasteiger partial charge is 0.387 e. The fourth-order valence-electron chi connectivity index (χ4n) is 2.38. The van der Waals surface area contributed by atoms with Gasteiger partial charge in [-0.15, -0.1) is 0 Å². The summed E-state index contributed by atoms with van der Waals surface area (Å²) in [6.07, 6.45) is 0.632. The van der Waals surface area contributed by atoms with Crippen molar-refractivity contribution < 1.29 is 14.3 Å². The Morgan fingerprint density at radius 1 is 1.58 bits per heavy atom. The Balaban J connectivity index is 2.08. The first-order valence-corrected chi connectivity index (χ1v) is 6.36. The van der Waals surface area contributed by atoms with Crippen molar-refractivity contribution in [2.24, 2.45) is 0 Å². The molecule has 104 valence electrons. The van der Waals surface area contributed by atoms with Gasteiger partial charge in [-0.25, -0.2) is 4.39 Å². The van der Waals surface area contributed by atoms with Crippen molar-refractivity contribution in [3.63, 3.8) is 0 Å². The number of nitrogens with one attached hydrogen (secondary N) is 1. The van der Waals surface area contributed by atoms with E-state index in [0.717, 1.165) is 6.54 Å². The standard InChI is InChI=1S/C14H19FN2O2/c1-10-7-11(3-4-12(10)15)13(18)17(2)9-14(19)5-6-16-8-14/h3-4,7,16,19H,5-6,8-9H2,1-2H3. The summed E-state index contributed by atoms with van der Waals surface area (Å²) in [6, 6.07) is 4.30. The number of rotatable bonds is 3. The van der Waals surface area contributed by atoms with E-state index < -0.39 is 5.60 Å². The number of carbonyl (C=O) groups is 1. The fraction of sp³-hybridized carbons (Fsp3) is 0.500. The molecule has 1 saturated heterocycles. The zero-order chi connectivity index (χ0) is 14.0. The summed E-state index contributed by atoms with van der Waals surface area (Å²) >= 11 is 0. The molecular formula is C14H19FN2O2. The molecule has 0 radical (unpaired) electrons. The van der Waals surface area contributed by atoms with Gasteiger partial charge in [-0.3, -0.25) is 4.79 Å². The van der Waals surface area contributed by atoms with E-state index in [0.29, 0.717) is 24.1 Å². The van der Waals surface area contributed by atoms with Gasteiger partial charge >= 0.3 is 0 Å². The second kappa shape index (κ2) is 5.27. The van der Waals surface area contributed by atoms with Crippen LogP contribution in [0.2, 0.25) is 0 Å². The number of aryl methyl sites for hydroxylation is 1. The van der Waals surface area contributed by atoms with Crippen LogP contribution < -0.4 is 5.32 Å². The minimum Gasteiger partial charge on any atom is -0.387 e. The first-order valence-electron chi connectivity index (χ1n) is 6.36. The van der Waals surface area contributed by atoms with E-state index in [1.54, 1.807) is 14.0 Å². The number of hydrogen-bond donors (Lipinski definition) is 2. The zero-order valence-electron chi connectivity index (χ0n) is 11.2. The molecule has 1 amide bonds. The van der Waals surface area contributed by atoms with Gasteiger partial charge in [0.05, 0.1) is 12.1 Å². The summed E-state index contributed by atoms with van der Waals surface area (Å²) in [5, 5.41) is 13.3. The van der Waals surface area contributed by atoms with Gasteiger partial charge in [-0.2, -0.15) is 0 Å². The topological polar surface area (TPSA) is 52.6 Å². The Morgan fingerprint density at radius 2 is 2.32 bits per heavy atom. The van der Waals surface area contributed by atoms with E-state index >= 15 is 0 Å². The van der Waals surface area contributed by atoms with Gasteiger partial charge in [0.25, 0.3) is 5.91 Å². The van der Waals surface area contributed by atoms with Crippen molar-refractivity contribution >= 4 is 5.91 Å². The predicted molar refractivity (Wildman–Crippen MR) is 70.5 cm³/mol. The quantitative estimate of drug-likeness (QED) is 0.856. The molecule has 2 rings (SSSR count). The van der Waals surface area contributed by atoms with Crippen molar-refractivity contribution in [1.29, 1.82) is 0 Å². The third-order valence-corrected chi connectivity index (χ3v) is 3.50. The fourth-order valence-corrected chi connectivity index (χ4v) is 2.38. The van der Waals surface area contributed by atoms with Crippen LogP contribution in [-0.2, 0) is 0 Å². The van der Waals surface area contributed by atoms with Crippen LogP contribution in [0.4, 0.5) is 4.39 Å². The monoisotopic (exact) mass is 266 g/mol. The van der Waals surface area contributed by atoms with Crippen LogP contribution in [0.25, 0.3) is 0 Å². The summed E-state index contributed by atoms with van der Waals surface area (Å²) in [5.41, 5.74) is 0.0240. The number of nitrogens with zero attached hydrogens (tertiary/aromatic N) is 1. The third kappa shape index (κ3) is 3.11. The van der Waals surface area contributed by atoms with E-state index in [9.17, 15) is 14.3 Å². The third-order valence-electron chi connectivity index (χ3n) is 3.50. The van der Waals surface area contributed by atoms with Crippen molar-refractivity contribution in [1.82, 2.24) is 10.2 Å². The average molecular weight is 266 g/mol. The highest BCUT2D eigenvalue weighted by Gasteiger charge is 2.33. The second-order valence-electron chi connectivity index (χ2n) is 5.28. The van der Waals surface area contributed by atoms with Crippen LogP contribution in [0.1, 0.15) is 22.3 Å². The van der Waals surface area contributed by atoms with E-state index in [4.69, 9.17) is 0 Å². The van der Waals surface area contributed by atoms with E-state index in [1.807, 2.05) is 0 Å². The lowest BCUT2D eigenvalue weighted by Crippen LogP contribution is -2.45. The molecule has 5 heteroatoms. The van der Waals surface area contributed by atoms with E-state index in [2.05, 4.69) is 5.32 Å². The number of amides is 1. The first kappa shape index (κ1) is 14.0. The molecule has 1 atom stereocenters. The maximum Gasteiger partial charge on any atom is 0.253 e. The molecule has 1 aliphatic heterocycles. The van der Waals surface area contributed by atoms with Gasteiger partial charge in [-0.1, -0.05) is 0 Å². The molecular weight excluding hydrogens is 247 g/mol. The molecule has 0 spiro atoms. The van der Waals surface area contributed by atoms with Gasteiger partial charge in [0.2, 0.25) is 0 Å². The number of likely N-dealkylation sites (N-methyl/N-ethyl adjacent to an activating group) is 1. The molecule has 2 N–H and O–H groups in total. The second-order valence-corrected chi connectivity index (χ2v) is 5.28. The van der Waals surface area contributed by atoms with Crippen molar-refractivity contribution in [3.8, 4) is 0 Å². The molecule has 1 aliphatic rings. The molecule has 4 nitrogen and oxygen atoms in total. The highest BCUT2D eigenvalue weighted by Crippen LogP contribution is 2.17. The molecule has 0 aromatic heterocycles. The summed E-state index contributed by atoms with van der Waals surface area (Å²) < 4.78 is 13.2. The Morgan fingerprint density at radius 3 is 2.89 bits per heavy atom. The lowest BCUT2D eigenvalue weighted by atomic mass is 10.0. The Labute approximate surface area is 112 Å². The van der Waals surface area contributed by atoms with Crippen LogP contribution in [0.3, 0.4) is 0 Å². The van der Waals surface area contributed by atoms with Crippen molar-refractivity contribution in [2.45, 2.75) is 18.9 Å². The van der Waals surface area contributed by atoms with Crippen LogP contribution in [0, 0.1) is 12.7 Å². The first-order chi connectivity index (χ1) is 8.91. The van der Waals surface area contributed by atoms with Crippen LogP contribution >= 0.6 is 0 Å². The molecule has 1 fully saturated rings. The highest BCUT2D eigenvalue weighted by atomic mass is 19.1. The normalized spacial score (nSPS) is 22.5. The predicted octanol–water partition coefficient (Wildman–Crippen LogP) is 0.931. The Bertz CT molecular complexity index is 484. The Kier molecular flexibility index (Phi) is 3.87. The SMILES string of the molecule is Cc1cc(C(=O)N(C)CC2(O)CCNC2)ccc1F. The number of carbonyl (C=O) groups excluding carboxylic acids is 1. The van der Waals surface area contributed by atoms with Gasteiger partial charge < -0.3 is 15.3 Å². The van der Waals surface area contributed by atoms with Crippen LogP contribution in [0.15, 0.2) is 18.2 Å². The number of β-amino-alcohol motifs (C(OH)–C–C–N with tert-alkyl or cyclic N) is 1. The number of halogens is 1. The number of benzene rings is 1. The van der Waals surface area contributed by atoms with Gasteiger partial charge in [0, 0.05) is 19.2 Å². The smallest absolute Gasteiger partial charge is 0.253 e. The minimum atomic E-state index is -0.862. The zero-order valence-corrected chi connectivity index (χ0v) is 11.2. The lowest BCUT2D eigenvalue weighted by molar-refractivity contribution is 0.0252. The molecule has 1 unspecified atom stereocenters. The summed E-state index contributed by atoms with van der Waals surface area (Å²) in [7, 11) is 1.65. The van der Waals surface area contributed by atoms with E-state index in [1.165, 1.54) is 23.1 Å². The molecule has 19 heavy (non-hydrogen) atoms. The molecule has 0 bridgehead atoms.